The lowest BCUT2D eigenvalue weighted by molar-refractivity contribution is 0.0998. The van der Waals surface area contributed by atoms with Crippen LogP contribution < -0.4 is 4.80 Å². The van der Waals surface area contributed by atoms with Crippen LogP contribution >= 0.6 is 23.6 Å². The van der Waals surface area contributed by atoms with Crippen molar-refractivity contribution in [3.05, 3.63) is 45.0 Å². The number of hydrogen-bond acceptors (Lipinski definition) is 4. The molecule has 5 nitrogen and oxygen atoms in total. The summed E-state index contributed by atoms with van der Waals surface area (Å²) in [4.78, 5) is 20.0. The third kappa shape index (κ3) is 2.29. The molecule has 1 aromatic carbocycles. The van der Waals surface area contributed by atoms with Crippen LogP contribution in [0.2, 0.25) is 0 Å². The van der Waals surface area contributed by atoms with Crippen molar-refractivity contribution < 1.29 is 9.21 Å². The third-order valence-corrected chi connectivity index (χ3v) is 3.66. The number of amides is 1. The minimum Gasteiger partial charge on any atom is -0.429 e. The van der Waals surface area contributed by atoms with Gasteiger partial charge in [0.25, 0.3) is 10.7 Å². The first-order chi connectivity index (χ1) is 9.13. The van der Waals surface area contributed by atoms with E-state index in [1.165, 1.54) is 11.3 Å². The molecule has 0 atom stereocenters. The van der Waals surface area contributed by atoms with Crippen LogP contribution in [-0.2, 0) is 7.05 Å². The molecule has 2 heterocycles. The Hall–Kier alpha value is -1.99. The number of nitrogens with one attached hydrogen (secondary N) is 1. The highest BCUT2D eigenvalue weighted by atomic mass is 32.1. The first kappa shape index (κ1) is 12.1. The lowest BCUT2D eigenvalue weighted by Gasteiger charge is -1.95. The molecular formula is C12H9N3O2S2. The molecule has 0 spiro atoms. The van der Waals surface area contributed by atoms with Gasteiger partial charge in [-0.25, -0.2) is 0 Å². The van der Waals surface area contributed by atoms with Crippen molar-refractivity contribution in [2.75, 3.05) is 0 Å². The Labute approximate surface area is 116 Å². The van der Waals surface area contributed by atoms with E-state index in [1.807, 2.05) is 18.6 Å². The topological polar surface area (TPSA) is 63.3 Å². The first-order valence-electron chi connectivity index (χ1n) is 5.45. The number of carbonyl (C=O) groups excluding carboxylic acids is 1. The molecule has 0 saturated heterocycles. The van der Waals surface area contributed by atoms with Gasteiger partial charge in [-0.2, -0.15) is 4.99 Å². The number of benzene rings is 1. The maximum Gasteiger partial charge on any atom is 0.279 e. The summed E-state index contributed by atoms with van der Waals surface area (Å²) in [5.74, 6) is -0.303. The Morgan fingerprint density at radius 3 is 3.11 bits per heavy atom. The van der Waals surface area contributed by atoms with Gasteiger partial charge in [-0.1, -0.05) is 0 Å². The summed E-state index contributed by atoms with van der Waals surface area (Å²) in [5, 5.41) is 1.88. The van der Waals surface area contributed by atoms with Crippen molar-refractivity contribution in [2.24, 2.45) is 12.0 Å². The summed E-state index contributed by atoms with van der Waals surface area (Å²) in [6.07, 6.45) is 1.85. The molecule has 1 N–H and O–H groups in total. The average molecular weight is 291 g/mol. The van der Waals surface area contributed by atoms with E-state index in [1.54, 1.807) is 22.8 Å². The largest absolute Gasteiger partial charge is 0.429 e. The van der Waals surface area contributed by atoms with Crippen molar-refractivity contribution in [3.63, 3.8) is 0 Å². The van der Waals surface area contributed by atoms with Gasteiger partial charge in [0.15, 0.2) is 10.4 Å². The number of hydrogen-bond donors (Lipinski definition) is 1. The molecule has 1 amide bonds. The maximum atomic E-state index is 12.1. The Morgan fingerprint density at radius 2 is 2.37 bits per heavy atom. The van der Waals surface area contributed by atoms with Gasteiger partial charge in [0.2, 0.25) is 0 Å². The number of aryl methyl sites for hydroxylation is 1. The van der Waals surface area contributed by atoms with Gasteiger partial charge >= 0.3 is 0 Å². The second-order valence-electron chi connectivity index (χ2n) is 3.94. The normalized spacial score (nSPS) is 12.2. The number of thiazole rings is 1. The molecule has 0 unspecified atom stereocenters. The molecule has 19 heavy (non-hydrogen) atoms. The van der Waals surface area contributed by atoms with Crippen molar-refractivity contribution in [1.29, 1.82) is 0 Å². The highest BCUT2D eigenvalue weighted by molar-refractivity contribution is 7.71. The number of aromatic amines is 1. The monoisotopic (exact) mass is 291 g/mol. The second-order valence-corrected chi connectivity index (χ2v) is 5.18. The van der Waals surface area contributed by atoms with Crippen molar-refractivity contribution >= 4 is 40.6 Å². The number of aromatic nitrogens is 2. The summed E-state index contributed by atoms with van der Waals surface area (Å²) >= 11 is 6.31. The molecule has 0 aliphatic heterocycles. The molecular weight excluding hydrogens is 282 g/mol. The summed E-state index contributed by atoms with van der Waals surface area (Å²) in [7, 11) is 1.84. The van der Waals surface area contributed by atoms with Gasteiger partial charge in [0.05, 0.1) is 5.52 Å². The molecule has 3 rings (SSSR count). The molecule has 3 aromatic rings. The third-order valence-electron chi connectivity index (χ3n) is 2.62. The number of nitrogens with zero attached hydrogens (tertiary/aromatic N) is 2. The van der Waals surface area contributed by atoms with E-state index in [9.17, 15) is 4.79 Å². The molecule has 0 aliphatic rings. The van der Waals surface area contributed by atoms with Crippen LogP contribution in [-0.4, -0.2) is 15.5 Å². The molecule has 0 radical (unpaired) electrons. The van der Waals surface area contributed by atoms with Crippen LogP contribution in [0.25, 0.3) is 11.1 Å². The number of H-pyrrole nitrogens is 1. The first-order valence-corrected chi connectivity index (χ1v) is 6.74. The average Bonchev–Trinajstić information content (AvgIpc) is 2.93. The molecule has 0 bridgehead atoms. The predicted octanol–water partition coefficient (Wildman–Crippen LogP) is 2.63. The highest BCUT2D eigenvalue weighted by Crippen LogP contribution is 2.15. The molecule has 0 fully saturated rings. The molecule has 96 valence electrons. The van der Waals surface area contributed by atoms with E-state index < -0.39 is 0 Å². The van der Waals surface area contributed by atoms with Crippen LogP contribution in [0.4, 0.5) is 0 Å². The SMILES string of the molecule is Cn1ccsc1=NC(=O)c1ccc2[nH]c(=S)oc2c1. The summed E-state index contributed by atoms with van der Waals surface area (Å²) in [6.45, 7) is 0. The fourth-order valence-electron chi connectivity index (χ4n) is 1.66. The Bertz CT molecular complexity index is 882. The van der Waals surface area contributed by atoms with Crippen LogP contribution in [0.1, 0.15) is 10.4 Å². The number of fused-ring (bicyclic) bond motifs is 1. The van der Waals surface area contributed by atoms with Gasteiger partial charge in [-0.05, 0) is 30.4 Å². The van der Waals surface area contributed by atoms with E-state index in [0.29, 0.717) is 20.8 Å². The Morgan fingerprint density at radius 1 is 1.53 bits per heavy atom. The summed E-state index contributed by atoms with van der Waals surface area (Å²) in [6, 6.07) is 5.09. The fraction of sp³-hybridized carbons (Fsp3) is 0.0833. The van der Waals surface area contributed by atoms with Crippen LogP contribution in [0, 0.1) is 4.84 Å². The van der Waals surface area contributed by atoms with Crippen LogP contribution in [0.3, 0.4) is 0 Å². The lowest BCUT2D eigenvalue weighted by Crippen LogP contribution is -2.12. The van der Waals surface area contributed by atoms with E-state index in [2.05, 4.69) is 9.98 Å². The van der Waals surface area contributed by atoms with E-state index in [4.69, 9.17) is 16.6 Å². The van der Waals surface area contributed by atoms with Gasteiger partial charge in [-0.15, -0.1) is 11.3 Å². The number of oxazole rings is 1. The molecule has 7 heteroatoms. The van der Waals surface area contributed by atoms with E-state index in [0.717, 1.165) is 5.52 Å². The maximum absolute atomic E-state index is 12.1. The summed E-state index contributed by atoms with van der Waals surface area (Å²) < 4.78 is 7.08. The van der Waals surface area contributed by atoms with Gasteiger partial charge in [-0.3, -0.25) is 4.79 Å². The van der Waals surface area contributed by atoms with Crippen molar-refractivity contribution in [2.45, 2.75) is 0 Å². The minimum atomic E-state index is -0.303. The lowest BCUT2D eigenvalue weighted by atomic mass is 10.2. The quantitative estimate of drug-likeness (QED) is 0.701. The van der Waals surface area contributed by atoms with Crippen molar-refractivity contribution in [1.82, 2.24) is 9.55 Å². The van der Waals surface area contributed by atoms with Crippen LogP contribution in [0.15, 0.2) is 39.2 Å². The van der Waals surface area contributed by atoms with E-state index >= 15 is 0 Å². The van der Waals surface area contributed by atoms with Crippen molar-refractivity contribution in [3.8, 4) is 0 Å². The second kappa shape index (κ2) is 4.60. The minimum absolute atomic E-state index is 0.293. The Balaban J connectivity index is 2.07. The summed E-state index contributed by atoms with van der Waals surface area (Å²) in [5.41, 5.74) is 1.79. The van der Waals surface area contributed by atoms with Gasteiger partial charge in [0, 0.05) is 24.2 Å². The zero-order valence-corrected chi connectivity index (χ0v) is 11.5. The van der Waals surface area contributed by atoms with Crippen LogP contribution in [0.5, 0.6) is 0 Å². The predicted molar refractivity (Wildman–Crippen MR) is 74.6 cm³/mol. The molecule has 0 saturated carbocycles. The Kier molecular flexibility index (Phi) is 2.92. The fourth-order valence-corrected chi connectivity index (χ4v) is 2.59. The highest BCUT2D eigenvalue weighted by Gasteiger charge is 2.07. The van der Waals surface area contributed by atoms with E-state index in [-0.39, 0.29) is 5.91 Å². The number of carbonyl (C=O) groups is 1. The zero-order chi connectivity index (χ0) is 13.4. The zero-order valence-electron chi connectivity index (χ0n) is 9.91. The smallest absolute Gasteiger partial charge is 0.279 e. The standard InChI is InChI=1S/C12H9N3O2S2/c1-15-4-5-19-11(15)14-10(16)7-2-3-8-9(6-7)17-12(18)13-8/h2-6H,1H3,(H,13,18). The van der Waals surface area contributed by atoms with Gasteiger partial charge < -0.3 is 14.0 Å². The van der Waals surface area contributed by atoms with Gasteiger partial charge in [0.1, 0.15) is 0 Å². The molecule has 2 aromatic heterocycles. The molecule has 0 aliphatic carbocycles. The number of rotatable bonds is 1.